The topological polar surface area (TPSA) is 40.5 Å². The van der Waals surface area contributed by atoms with Gasteiger partial charge in [0.1, 0.15) is 6.04 Å². The monoisotopic (exact) mass is 251 g/mol. The van der Waals surface area contributed by atoms with Gasteiger partial charge in [0.05, 0.1) is 0 Å². The fraction of sp³-hybridized carbons (Fsp3) is 0.933. The average Bonchev–Trinajstić information content (AvgIpc) is 2.89. The number of carbonyl (C=O) groups is 1. The van der Waals surface area contributed by atoms with E-state index in [4.69, 9.17) is 0 Å². The van der Waals surface area contributed by atoms with E-state index in [1.165, 1.54) is 44.9 Å². The van der Waals surface area contributed by atoms with Gasteiger partial charge in [0.15, 0.2) is 0 Å². The lowest BCUT2D eigenvalue weighted by atomic mass is 9.88. The third kappa shape index (κ3) is 2.29. The molecule has 0 aromatic heterocycles. The Bertz CT molecular complexity index is 312. The first-order valence-electron chi connectivity index (χ1n) is 7.72. The lowest BCUT2D eigenvalue weighted by molar-refractivity contribution is -0.143. The van der Waals surface area contributed by atoms with Crippen LogP contribution < -0.4 is 0 Å². The van der Waals surface area contributed by atoms with Crippen LogP contribution >= 0.6 is 0 Å². The summed E-state index contributed by atoms with van der Waals surface area (Å²) in [5, 5.41) is 9.52. The van der Waals surface area contributed by atoms with Crippen LogP contribution in [0.15, 0.2) is 0 Å². The van der Waals surface area contributed by atoms with Crippen molar-refractivity contribution in [2.24, 2.45) is 17.8 Å². The normalized spacial score (nSPS) is 37.9. The Hall–Kier alpha value is -0.570. The Labute approximate surface area is 110 Å². The SMILES string of the molecule is O=C(O)C1C2CCCC2CN1CC1CCCCC1. The fourth-order valence-corrected chi connectivity index (χ4v) is 4.62. The molecule has 3 fully saturated rings. The molecular weight excluding hydrogens is 226 g/mol. The minimum absolute atomic E-state index is 0.167. The number of carboxylic acid groups (broad SMARTS) is 1. The summed E-state index contributed by atoms with van der Waals surface area (Å²) in [6, 6.07) is -0.167. The van der Waals surface area contributed by atoms with Gasteiger partial charge in [-0.2, -0.15) is 0 Å². The van der Waals surface area contributed by atoms with Crippen LogP contribution in [0.5, 0.6) is 0 Å². The van der Waals surface area contributed by atoms with Crippen molar-refractivity contribution < 1.29 is 9.90 Å². The molecule has 2 aliphatic carbocycles. The summed E-state index contributed by atoms with van der Waals surface area (Å²) in [4.78, 5) is 13.9. The summed E-state index contributed by atoms with van der Waals surface area (Å²) in [5.74, 6) is 1.32. The number of hydrogen-bond acceptors (Lipinski definition) is 2. The lowest BCUT2D eigenvalue weighted by Crippen LogP contribution is -2.42. The number of fused-ring (bicyclic) bond motifs is 1. The summed E-state index contributed by atoms with van der Waals surface area (Å²) >= 11 is 0. The first kappa shape index (κ1) is 12.5. The molecule has 2 saturated carbocycles. The lowest BCUT2D eigenvalue weighted by Gasteiger charge is -2.30. The van der Waals surface area contributed by atoms with Gasteiger partial charge in [0.25, 0.3) is 0 Å². The van der Waals surface area contributed by atoms with Crippen LogP contribution in [0, 0.1) is 17.8 Å². The van der Waals surface area contributed by atoms with Gasteiger partial charge in [0, 0.05) is 13.1 Å². The zero-order valence-corrected chi connectivity index (χ0v) is 11.2. The van der Waals surface area contributed by atoms with Crippen molar-refractivity contribution in [1.82, 2.24) is 4.90 Å². The molecule has 1 heterocycles. The summed E-state index contributed by atoms with van der Waals surface area (Å²) in [7, 11) is 0. The summed E-state index contributed by atoms with van der Waals surface area (Å²) in [6.45, 7) is 2.10. The highest BCUT2D eigenvalue weighted by molar-refractivity contribution is 5.74. The predicted molar refractivity (Wildman–Crippen MR) is 70.4 cm³/mol. The molecule has 0 spiro atoms. The number of carboxylic acids is 1. The molecule has 3 heteroatoms. The molecule has 3 unspecified atom stereocenters. The van der Waals surface area contributed by atoms with Crippen LogP contribution in [0.3, 0.4) is 0 Å². The summed E-state index contributed by atoms with van der Waals surface area (Å²) in [6.07, 6.45) is 10.4. The van der Waals surface area contributed by atoms with E-state index in [-0.39, 0.29) is 6.04 Å². The third-order valence-electron chi connectivity index (χ3n) is 5.46. The van der Waals surface area contributed by atoms with Crippen LogP contribution in [-0.2, 0) is 4.79 Å². The van der Waals surface area contributed by atoms with E-state index in [2.05, 4.69) is 4.90 Å². The molecule has 3 atom stereocenters. The number of likely N-dealkylation sites (tertiary alicyclic amines) is 1. The third-order valence-corrected chi connectivity index (χ3v) is 5.46. The van der Waals surface area contributed by atoms with Gasteiger partial charge in [-0.1, -0.05) is 25.7 Å². The molecule has 1 saturated heterocycles. The van der Waals surface area contributed by atoms with Crippen molar-refractivity contribution in [3.8, 4) is 0 Å². The van der Waals surface area contributed by atoms with E-state index >= 15 is 0 Å². The Morgan fingerprint density at radius 1 is 1.06 bits per heavy atom. The van der Waals surface area contributed by atoms with Crippen LogP contribution in [0.25, 0.3) is 0 Å². The molecule has 0 aromatic rings. The molecule has 18 heavy (non-hydrogen) atoms. The maximum atomic E-state index is 11.6. The van der Waals surface area contributed by atoms with E-state index in [0.29, 0.717) is 11.8 Å². The highest BCUT2D eigenvalue weighted by Gasteiger charge is 2.47. The second kappa shape index (κ2) is 5.20. The van der Waals surface area contributed by atoms with Crippen molar-refractivity contribution in [1.29, 1.82) is 0 Å². The van der Waals surface area contributed by atoms with Gasteiger partial charge in [-0.3, -0.25) is 9.69 Å². The van der Waals surface area contributed by atoms with Gasteiger partial charge in [0.2, 0.25) is 0 Å². The minimum Gasteiger partial charge on any atom is -0.480 e. The van der Waals surface area contributed by atoms with E-state index < -0.39 is 5.97 Å². The molecule has 3 nitrogen and oxygen atoms in total. The van der Waals surface area contributed by atoms with Gasteiger partial charge in [-0.25, -0.2) is 0 Å². The maximum Gasteiger partial charge on any atom is 0.321 e. The van der Waals surface area contributed by atoms with Crippen molar-refractivity contribution in [3.05, 3.63) is 0 Å². The second-order valence-corrected chi connectivity index (χ2v) is 6.60. The molecule has 0 amide bonds. The molecule has 102 valence electrons. The van der Waals surface area contributed by atoms with Gasteiger partial charge in [-0.15, -0.1) is 0 Å². The average molecular weight is 251 g/mol. The zero-order chi connectivity index (χ0) is 12.5. The molecule has 0 aromatic carbocycles. The molecule has 0 radical (unpaired) electrons. The van der Waals surface area contributed by atoms with Crippen molar-refractivity contribution in [3.63, 3.8) is 0 Å². The quantitative estimate of drug-likeness (QED) is 0.838. The highest BCUT2D eigenvalue weighted by Crippen LogP contribution is 2.43. The molecule has 1 aliphatic heterocycles. The number of aliphatic carboxylic acids is 1. The fourth-order valence-electron chi connectivity index (χ4n) is 4.62. The Morgan fingerprint density at radius 2 is 1.83 bits per heavy atom. The van der Waals surface area contributed by atoms with Crippen molar-refractivity contribution >= 4 is 5.97 Å². The first-order chi connectivity index (χ1) is 8.75. The predicted octanol–water partition coefficient (Wildman–Crippen LogP) is 2.75. The van der Waals surface area contributed by atoms with Crippen molar-refractivity contribution in [2.75, 3.05) is 13.1 Å². The molecular formula is C15H25NO2. The van der Waals surface area contributed by atoms with E-state index in [0.717, 1.165) is 25.4 Å². The van der Waals surface area contributed by atoms with Crippen LogP contribution in [-0.4, -0.2) is 35.1 Å². The Morgan fingerprint density at radius 3 is 2.56 bits per heavy atom. The van der Waals surface area contributed by atoms with Crippen LogP contribution in [0.1, 0.15) is 51.4 Å². The van der Waals surface area contributed by atoms with Gasteiger partial charge >= 0.3 is 5.97 Å². The Kier molecular flexibility index (Phi) is 3.60. The molecule has 3 rings (SSSR count). The molecule has 0 bridgehead atoms. The summed E-state index contributed by atoms with van der Waals surface area (Å²) < 4.78 is 0. The van der Waals surface area contributed by atoms with Crippen LogP contribution in [0.4, 0.5) is 0 Å². The van der Waals surface area contributed by atoms with Gasteiger partial charge in [-0.05, 0) is 43.4 Å². The number of rotatable bonds is 3. The first-order valence-corrected chi connectivity index (χ1v) is 7.72. The van der Waals surface area contributed by atoms with E-state index in [1.807, 2.05) is 0 Å². The standard InChI is InChI=1S/C15H25NO2/c17-15(18)14-13-8-4-7-12(13)10-16(14)9-11-5-2-1-3-6-11/h11-14H,1-10H2,(H,17,18). The van der Waals surface area contributed by atoms with Crippen molar-refractivity contribution in [2.45, 2.75) is 57.4 Å². The van der Waals surface area contributed by atoms with E-state index in [1.54, 1.807) is 0 Å². The smallest absolute Gasteiger partial charge is 0.321 e. The summed E-state index contributed by atoms with van der Waals surface area (Å²) in [5.41, 5.74) is 0. The van der Waals surface area contributed by atoms with E-state index in [9.17, 15) is 9.90 Å². The number of nitrogens with zero attached hydrogens (tertiary/aromatic N) is 1. The molecule has 3 aliphatic rings. The van der Waals surface area contributed by atoms with Gasteiger partial charge < -0.3 is 5.11 Å². The zero-order valence-electron chi connectivity index (χ0n) is 11.2. The number of hydrogen-bond donors (Lipinski definition) is 1. The largest absolute Gasteiger partial charge is 0.480 e. The minimum atomic E-state index is -0.569. The maximum absolute atomic E-state index is 11.6. The van der Waals surface area contributed by atoms with Crippen LogP contribution in [0.2, 0.25) is 0 Å². The molecule has 1 N–H and O–H groups in total. The second-order valence-electron chi connectivity index (χ2n) is 6.60. The Balaban J connectivity index is 1.65. The highest BCUT2D eigenvalue weighted by atomic mass is 16.4.